The zero-order valence-corrected chi connectivity index (χ0v) is 6.47. The maximum Gasteiger partial charge on any atom is 0.150 e. The summed E-state index contributed by atoms with van der Waals surface area (Å²) in [6.45, 7) is -0.408. The molecule has 11 heavy (non-hydrogen) atoms. The van der Waals surface area contributed by atoms with Crippen LogP contribution in [-0.4, -0.2) is 6.29 Å². The molecule has 57 valence electrons. The Hall–Kier alpha value is -0.860. The van der Waals surface area contributed by atoms with Crippen molar-refractivity contribution in [3.8, 4) is 0 Å². The average Bonchev–Trinajstić information content (AvgIpc) is 2.04. The molecule has 0 aliphatic heterocycles. The molecule has 0 amide bonds. The van der Waals surface area contributed by atoms with Crippen LogP contribution >= 0.6 is 11.6 Å². The summed E-state index contributed by atoms with van der Waals surface area (Å²) in [6, 6.07) is 4.64. The molecule has 3 heteroatoms. The van der Waals surface area contributed by atoms with Gasteiger partial charge in [0, 0.05) is 10.6 Å². The maximum atomic E-state index is 10.4. The predicted molar refractivity (Wildman–Crippen MR) is 41.2 cm³/mol. The molecule has 0 atom stereocenters. The standard InChI is InChI=1S/C8H6ClO2/c9-8-2-1-6(4-10)7(3-8)5-11/h1-4H,5H2. The molecule has 0 bridgehead atoms. The number of hydrogen-bond donors (Lipinski definition) is 0. The number of aldehydes is 1. The van der Waals surface area contributed by atoms with Crippen molar-refractivity contribution < 1.29 is 9.90 Å². The number of rotatable bonds is 2. The third-order valence-electron chi connectivity index (χ3n) is 1.39. The fourth-order valence-corrected chi connectivity index (χ4v) is 1.01. The molecule has 0 fully saturated rings. The van der Waals surface area contributed by atoms with Gasteiger partial charge < -0.3 is 0 Å². The summed E-state index contributed by atoms with van der Waals surface area (Å²) in [5, 5.41) is 10.9. The highest BCUT2D eigenvalue weighted by atomic mass is 35.5. The van der Waals surface area contributed by atoms with Crippen LogP contribution in [0.2, 0.25) is 5.02 Å². The SMILES string of the molecule is [O]Cc1cc(Cl)ccc1C=O. The number of benzene rings is 1. The summed E-state index contributed by atoms with van der Waals surface area (Å²) in [5.41, 5.74) is 0.872. The molecule has 0 N–H and O–H groups in total. The van der Waals surface area contributed by atoms with E-state index in [2.05, 4.69) is 0 Å². The van der Waals surface area contributed by atoms with Gasteiger partial charge in [-0.15, -0.1) is 0 Å². The van der Waals surface area contributed by atoms with Crippen LogP contribution in [0.1, 0.15) is 15.9 Å². The highest BCUT2D eigenvalue weighted by Gasteiger charge is 2.00. The Labute approximate surface area is 69.4 Å². The minimum atomic E-state index is -0.408. The highest BCUT2D eigenvalue weighted by molar-refractivity contribution is 6.30. The second-order valence-corrected chi connectivity index (χ2v) is 2.54. The van der Waals surface area contributed by atoms with Gasteiger partial charge in [0.2, 0.25) is 0 Å². The zero-order chi connectivity index (χ0) is 8.27. The van der Waals surface area contributed by atoms with Crippen LogP contribution in [0.3, 0.4) is 0 Å². The van der Waals surface area contributed by atoms with E-state index in [9.17, 15) is 9.90 Å². The third kappa shape index (κ3) is 1.79. The molecular formula is C8H6ClO2. The first-order valence-corrected chi connectivity index (χ1v) is 3.47. The molecule has 1 rings (SSSR count). The zero-order valence-electron chi connectivity index (χ0n) is 5.71. The van der Waals surface area contributed by atoms with Crippen LogP contribution in [0.15, 0.2) is 18.2 Å². The quantitative estimate of drug-likeness (QED) is 0.625. The predicted octanol–water partition coefficient (Wildman–Crippen LogP) is 2.08. The molecule has 0 spiro atoms. The van der Waals surface area contributed by atoms with E-state index in [0.717, 1.165) is 0 Å². The smallest absolute Gasteiger partial charge is 0.150 e. The van der Waals surface area contributed by atoms with Gasteiger partial charge in [-0.3, -0.25) is 4.79 Å². The van der Waals surface area contributed by atoms with Crippen molar-refractivity contribution in [1.82, 2.24) is 0 Å². The fraction of sp³-hybridized carbons (Fsp3) is 0.125. The fourth-order valence-electron chi connectivity index (χ4n) is 0.814. The van der Waals surface area contributed by atoms with E-state index >= 15 is 0 Å². The van der Waals surface area contributed by atoms with Crippen molar-refractivity contribution in [3.05, 3.63) is 34.3 Å². The Balaban J connectivity index is 3.16. The van der Waals surface area contributed by atoms with Gasteiger partial charge in [0.05, 0.1) is 0 Å². The molecule has 1 radical (unpaired) electrons. The van der Waals surface area contributed by atoms with Gasteiger partial charge in [0.25, 0.3) is 0 Å². The average molecular weight is 170 g/mol. The summed E-state index contributed by atoms with van der Waals surface area (Å²) in [6.07, 6.45) is 0.656. The van der Waals surface area contributed by atoms with Crippen LogP contribution in [0.25, 0.3) is 0 Å². The van der Waals surface area contributed by atoms with Crippen molar-refractivity contribution in [2.24, 2.45) is 0 Å². The van der Waals surface area contributed by atoms with E-state index in [1.807, 2.05) is 0 Å². The molecule has 0 unspecified atom stereocenters. The molecule has 0 saturated heterocycles. The molecule has 2 nitrogen and oxygen atoms in total. The largest absolute Gasteiger partial charge is 0.298 e. The normalized spacial score (nSPS) is 9.64. The number of carbonyl (C=O) groups is 1. The Morgan fingerprint density at radius 1 is 1.45 bits per heavy atom. The lowest BCUT2D eigenvalue weighted by molar-refractivity contribution is 0.111. The molecular weight excluding hydrogens is 164 g/mol. The first-order valence-electron chi connectivity index (χ1n) is 3.09. The van der Waals surface area contributed by atoms with Crippen molar-refractivity contribution in [2.75, 3.05) is 0 Å². The van der Waals surface area contributed by atoms with Gasteiger partial charge >= 0.3 is 0 Å². The summed E-state index contributed by atoms with van der Waals surface area (Å²) in [4.78, 5) is 10.3. The van der Waals surface area contributed by atoms with Crippen LogP contribution in [0, 0.1) is 0 Å². The molecule has 0 aliphatic carbocycles. The summed E-state index contributed by atoms with van der Waals surface area (Å²) < 4.78 is 0. The Morgan fingerprint density at radius 2 is 2.18 bits per heavy atom. The first-order chi connectivity index (χ1) is 5.27. The summed E-state index contributed by atoms with van der Waals surface area (Å²) in [7, 11) is 0. The van der Waals surface area contributed by atoms with E-state index in [-0.39, 0.29) is 0 Å². The van der Waals surface area contributed by atoms with Crippen LogP contribution in [-0.2, 0) is 11.7 Å². The van der Waals surface area contributed by atoms with E-state index < -0.39 is 6.61 Å². The van der Waals surface area contributed by atoms with Crippen LogP contribution < -0.4 is 0 Å². The van der Waals surface area contributed by atoms with E-state index in [1.165, 1.54) is 6.07 Å². The van der Waals surface area contributed by atoms with E-state index in [4.69, 9.17) is 11.6 Å². The molecule has 0 aromatic heterocycles. The molecule has 0 aliphatic rings. The van der Waals surface area contributed by atoms with E-state index in [0.29, 0.717) is 22.4 Å². The van der Waals surface area contributed by atoms with Gasteiger partial charge in [-0.05, 0) is 23.8 Å². The lowest BCUT2D eigenvalue weighted by Crippen LogP contribution is -1.90. The van der Waals surface area contributed by atoms with Crippen molar-refractivity contribution >= 4 is 17.9 Å². The van der Waals surface area contributed by atoms with Crippen LogP contribution in [0.5, 0.6) is 0 Å². The van der Waals surface area contributed by atoms with Crippen LogP contribution in [0.4, 0.5) is 0 Å². The number of halogens is 1. The number of carbonyl (C=O) groups excluding carboxylic acids is 1. The minimum absolute atomic E-state index is 0.408. The monoisotopic (exact) mass is 169 g/mol. The van der Waals surface area contributed by atoms with Gasteiger partial charge in [-0.2, -0.15) is 0 Å². The molecule has 0 heterocycles. The van der Waals surface area contributed by atoms with Gasteiger partial charge in [-0.25, -0.2) is 5.11 Å². The third-order valence-corrected chi connectivity index (χ3v) is 1.62. The molecule has 0 saturated carbocycles. The second-order valence-electron chi connectivity index (χ2n) is 2.11. The Bertz CT molecular complexity index is 271. The molecule has 1 aromatic rings. The van der Waals surface area contributed by atoms with Crippen molar-refractivity contribution in [1.29, 1.82) is 0 Å². The minimum Gasteiger partial charge on any atom is -0.298 e. The summed E-state index contributed by atoms with van der Waals surface area (Å²) in [5.74, 6) is 0. The Morgan fingerprint density at radius 3 is 2.73 bits per heavy atom. The van der Waals surface area contributed by atoms with Gasteiger partial charge in [-0.1, -0.05) is 11.6 Å². The lowest BCUT2D eigenvalue weighted by Gasteiger charge is -1.98. The second kappa shape index (κ2) is 3.51. The van der Waals surface area contributed by atoms with Crippen molar-refractivity contribution in [2.45, 2.75) is 6.61 Å². The molecule has 1 aromatic carbocycles. The maximum absolute atomic E-state index is 10.4. The number of hydrogen-bond acceptors (Lipinski definition) is 1. The van der Waals surface area contributed by atoms with E-state index in [1.54, 1.807) is 12.1 Å². The summed E-state index contributed by atoms with van der Waals surface area (Å²) >= 11 is 5.60. The first kappa shape index (κ1) is 8.24. The van der Waals surface area contributed by atoms with Gasteiger partial charge in [0.15, 0.2) is 0 Å². The topological polar surface area (TPSA) is 37.0 Å². The Kier molecular flexibility index (Phi) is 2.63. The highest BCUT2D eigenvalue weighted by Crippen LogP contribution is 2.14. The van der Waals surface area contributed by atoms with Crippen molar-refractivity contribution in [3.63, 3.8) is 0 Å². The van der Waals surface area contributed by atoms with Gasteiger partial charge in [0.1, 0.15) is 12.9 Å². The lowest BCUT2D eigenvalue weighted by atomic mass is 10.1.